The van der Waals surface area contributed by atoms with Gasteiger partial charge in [0.1, 0.15) is 17.8 Å². The van der Waals surface area contributed by atoms with E-state index in [2.05, 4.69) is 21.3 Å². The minimum absolute atomic E-state index is 0.107. The summed E-state index contributed by atoms with van der Waals surface area (Å²) < 4.78 is 5.23. The summed E-state index contributed by atoms with van der Waals surface area (Å²) in [5.74, 6) is -1.34. The van der Waals surface area contributed by atoms with Gasteiger partial charge in [-0.3, -0.25) is 24.0 Å². The fourth-order valence-corrected chi connectivity index (χ4v) is 8.74. The summed E-state index contributed by atoms with van der Waals surface area (Å²) in [5.41, 5.74) is 6.63. The predicted octanol–water partition coefficient (Wildman–Crippen LogP) is 2.41. The third-order valence-electron chi connectivity index (χ3n) is 10.6. The summed E-state index contributed by atoms with van der Waals surface area (Å²) in [7, 11) is 1.42. The Morgan fingerprint density at radius 1 is 0.860 bits per heavy atom. The van der Waals surface area contributed by atoms with Gasteiger partial charge in [0.2, 0.25) is 23.6 Å². The first-order valence-corrected chi connectivity index (χ1v) is 17.8. The molecule has 4 saturated carbocycles. The standard InChI is InChI=1S/C38H51N5O7/c1-3-4-10-30(42-33(46)29(39)16-25-11-13-28(44)14-12-25)34(47)40-22-32(45)41-31(17-24-8-6-5-7-9-24)35(48)43-38-20-26-15-27(21-38)19-37(18-26,23-38)36(49)50-2/h5-9,11-14,26-27,29-31,44H,3-4,10,15-23,39H2,1-2H3,(H,40,47)(H,41,45)(H,42,46)(H,43,48)/t26?,27?,29-,30+,31-,37?,38?/m0/s1. The molecule has 2 aromatic rings. The van der Waals surface area contributed by atoms with E-state index in [0.29, 0.717) is 31.1 Å². The number of amides is 4. The Morgan fingerprint density at radius 3 is 2.16 bits per heavy atom. The van der Waals surface area contributed by atoms with E-state index in [9.17, 15) is 29.1 Å². The number of carbonyl (C=O) groups is 5. The first-order valence-electron chi connectivity index (χ1n) is 17.8. The van der Waals surface area contributed by atoms with Crippen LogP contribution in [0.2, 0.25) is 0 Å². The number of hydrogen-bond donors (Lipinski definition) is 6. The molecule has 4 fully saturated rings. The summed E-state index contributed by atoms with van der Waals surface area (Å²) in [6.07, 6.45) is 6.98. The number of ether oxygens (including phenoxy) is 1. The number of nitrogens with one attached hydrogen (secondary N) is 4. The number of phenolic OH excluding ortho intramolecular Hbond substituents is 1. The number of benzene rings is 2. The van der Waals surface area contributed by atoms with Crippen molar-refractivity contribution in [3.05, 3.63) is 65.7 Å². The molecule has 6 rings (SSSR count). The number of carbonyl (C=O) groups excluding carboxylic acids is 5. The van der Waals surface area contributed by atoms with Crippen molar-refractivity contribution in [2.45, 2.75) is 101 Å². The molecule has 4 amide bonds. The highest BCUT2D eigenvalue weighted by atomic mass is 16.5. The van der Waals surface area contributed by atoms with Gasteiger partial charge in [-0.25, -0.2) is 0 Å². The second-order valence-corrected chi connectivity index (χ2v) is 14.7. The number of nitrogens with two attached hydrogens (primary N) is 1. The number of esters is 1. The minimum Gasteiger partial charge on any atom is -0.508 e. The maximum atomic E-state index is 14.0. The number of methoxy groups -OCH3 is 1. The predicted molar refractivity (Wildman–Crippen MR) is 186 cm³/mol. The molecule has 0 heterocycles. The molecule has 270 valence electrons. The smallest absolute Gasteiger partial charge is 0.311 e. The van der Waals surface area contributed by atoms with Crippen molar-refractivity contribution >= 4 is 29.6 Å². The second-order valence-electron chi connectivity index (χ2n) is 14.7. The molecule has 12 nitrogen and oxygen atoms in total. The van der Waals surface area contributed by atoms with Crippen molar-refractivity contribution in [2.24, 2.45) is 23.0 Å². The molecule has 4 aliphatic rings. The molecule has 0 spiro atoms. The largest absolute Gasteiger partial charge is 0.508 e. The van der Waals surface area contributed by atoms with Crippen molar-refractivity contribution in [1.82, 2.24) is 21.3 Å². The van der Waals surface area contributed by atoms with Crippen LogP contribution in [-0.2, 0) is 41.6 Å². The van der Waals surface area contributed by atoms with Crippen LogP contribution in [0.4, 0.5) is 0 Å². The van der Waals surface area contributed by atoms with Gasteiger partial charge in [-0.2, -0.15) is 0 Å². The van der Waals surface area contributed by atoms with Gasteiger partial charge in [0.05, 0.1) is 25.1 Å². The van der Waals surface area contributed by atoms with E-state index < -0.39 is 53.3 Å². The first-order chi connectivity index (χ1) is 23.9. The first kappa shape index (κ1) is 36.8. The average Bonchev–Trinajstić information content (AvgIpc) is 3.08. The minimum atomic E-state index is -0.923. The van der Waals surface area contributed by atoms with Crippen molar-refractivity contribution in [3.8, 4) is 5.75 Å². The molecule has 7 N–H and O–H groups in total. The number of aromatic hydroxyl groups is 1. The highest BCUT2D eigenvalue weighted by Crippen LogP contribution is 2.62. The van der Waals surface area contributed by atoms with E-state index in [1.54, 1.807) is 12.1 Å². The molecule has 0 aromatic heterocycles. The van der Waals surface area contributed by atoms with Gasteiger partial charge in [0.25, 0.3) is 0 Å². The number of phenols is 1. The number of unbranched alkanes of at least 4 members (excludes halogenated alkanes) is 1. The van der Waals surface area contributed by atoms with Gasteiger partial charge in [-0.05, 0) is 86.5 Å². The van der Waals surface area contributed by atoms with Gasteiger partial charge in [-0.1, -0.05) is 62.2 Å². The topological polar surface area (TPSA) is 189 Å². The Balaban J connectivity index is 1.21. The van der Waals surface area contributed by atoms with Crippen molar-refractivity contribution in [2.75, 3.05) is 13.7 Å². The Bertz CT molecular complexity index is 1520. The SMILES string of the molecule is CCCC[C@@H](NC(=O)[C@@H](N)Cc1ccc(O)cc1)C(=O)NCC(=O)N[C@@H](Cc1ccccc1)C(=O)NC12CC3CC(C1)CC(C(=O)OC)(C3)C2. The zero-order valence-electron chi connectivity index (χ0n) is 29.0. The van der Waals surface area contributed by atoms with Gasteiger partial charge in [0.15, 0.2) is 0 Å². The third kappa shape index (κ3) is 9.01. The van der Waals surface area contributed by atoms with Crippen LogP contribution in [-0.4, -0.2) is 72.0 Å². The molecule has 5 atom stereocenters. The van der Waals surface area contributed by atoms with Crippen LogP contribution in [0, 0.1) is 17.3 Å². The number of hydrogen-bond acceptors (Lipinski definition) is 8. The van der Waals surface area contributed by atoms with E-state index in [-0.39, 0.29) is 30.5 Å². The summed E-state index contributed by atoms with van der Waals surface area (Å²) in [6.45, 7) is 1.58. The Labute approximate surface area is 293 Å². The lowest BCUT2D eigenvalue weighted by molar-refractivity contribution is -0.173. The molecule has 2 unspecified atom stereocenters. The second kappa shape index (κ2) is 16.1. The fourth-order valence-electron chi connectivity index (χ4n) is 8.74. The monoisotopic (exact) mass is 689 g/mol. The summed E-state index contributed by atoms with van der Waals surface area (Å²) in [5, 5.41) is 21.0. The third-order valence-corrected chi connectivity index (χ3v) is 10.6. The van der Waals surface area contributed by atoms with E-state index in [4.69, 9.17) is 10.5 Å². The zero-order valence-corrected chi connectivity index (χ0v) is 29.0. The molecule has 0 radical (unpaired) electrons. The molecule has 12 heteroatoms. The van der Waals surface area contributed by atoms with Crippen LogP contribution >= 0.6 is 0 Å². The fraction of sp³-hybridized carbons (Fsp3) is 0.553. The van der Waals surface area contributed by atoms with Crippen LogP contribution in [0.5, 0.6) is 5.75 Å². The highest BCUT2D eigenvalue weighted by molar-refractivity contribution is 5.93. The summed E-state index contributed by atoms with van der Waals surface area (Å²) in [4.78, 5) is 66.5. The molecule has 4 aliphatic carbocycles. The van der Waals surface area contributed by atoms with Crippen LogP contribution in [0.25, 0.3) is 0 Å². The maximum Gasteiger partial charge on any atom is 0.311 e. The molecular weight excluding hydrogens is 638 g/mol. The van der Waals surface area contributed by atoms with Gasteiger partial charge in [-0.15, -0.1) is 0 Å². The lowest BCUT2D eigenvalue weighted by atomic mass is 9.47. The van der Waals surface area contributed by atoms with Gasteiger partial charge < -0.3 is 36.8 Å². The van der Waals surface area contributed by atoms with Crippen molar-refractivity contribution in [3.63, 3.8) is 0 Å². The maximum absolute atomic E-state index is 14.0. The molecule has 0 saturated heterocycles. The van der Waals surface area contributed by atoms with Crippen LogP contribution < -0.4 is 27.0 Å². The average molecular weight is 690 g/mol. The lowest BCUT2D eigenvalue weighted by Gasteiger charge is -2.60. The zero-order chi connectivity index (χ0) is 35.9. The summed E-state index contributed by atoms with van der Waals surface area (Å²) in [6, 6.07) is 13.0. The Hall–Kier alpha value is -4.45. The Kier molecular flexibility index (Phi) is 11.8. The van der Waals surface area contributed by atoms with E-state index in [1.807, 2.05) is 37.3 Å². The molecule has 0 aliphatic heterocycles. The van der Waals surface area contributed by atoms with Crippen molar-refractivity contribution < 1.29 is 33.8 Å². The molecule has 50 heavy (non-hydrogen) atoms. The molecule has 2 aromatic carbocycles. The molecular formula is C38H51N5O7. The van der Waals surface area contributed by atoms with Crippen LogP contribution in [0.15, 0.2) is 54.6 Å². The van der Waals surface area contributed by atoms with Crippen LogP contribution in [0.1, 0.15) is 75.8 Å². The van der Waals surface area contributed by atoms with Gasteiger partial charge >= 0.3 is 5.97 Å². The van der Waals surface area contributed by atoms with Crippen molar-refractivity contribution in [1.29, 1.82) is 0 Å². The Morgan fingerprint density at radius 2 is 1.52 bits per heavy atom. The lowest BCUT2D eigenvalue weighted by Crippen LogP contribution is -2.67. The number of rotatable bonds is 16. The highest BCUT2D eigenvalue weighted by Gasteiger charge is 2.61. The van der Waals surface area contributed by atoms with Crippen LogP contribution in [0.3, 0.4) is 0 Å². The van der Waals surface area contributed by atoms with E-state index >= 15 is 0 Å². The molecule has 4 bridgehead atoms. The van der Waals surface area contributed by atoms with Gasteiger partial charge in [0, 0.05) is 12.0 Å². The quantitative estimate of drug-likeness (QED) is 0.145. The summed E-state index contributed by atoms with van der Waals surface area (Å²) >= 11 is 0. The van der Waals surface area contributed by atoms with E-state index in [0.717, 1.165) is 49.7 Å². The normalized spacial score (nSPS) is 25.1. The van der Waals surface area contributed by atoms with E-state index in [1.165, 1.54) is 19.2 Å².